The van der Waals surface area contributed by atoms with Crippen LogP contribution >= 0.6 is 0 Å². The summed E-state index contributed by atoms with van der Waals surface area (Å²) < 4.78 is 11.6. The molecule has 1 unspecified atom stereocenters. The molecule has 4 nitrogen and oxygen atoms in total. The Bertz CT molecular complexity index is 1080. The predicted octanol–water partition coefficient (Wildman–Crippen LogP) is 4.04. The summed E-state index contributed by atoms with van der Waals surface area (Å²) in [6.07, 6.45) is 0.467. The van der Waals surface area contributed by atoms with Gasteiger partial charge in [0, 0.05) is 12.5 Å². The predicted molar refractivity (Wildman–Crippen MR) is 94.9 cm³/mol. The Morgan fingerprint density at radius 2 is 1.68 bits per heavy atom. The highest BCUT2D eigenvalue weighted by Gasteiger charge is 2.40. The molecule has 0 saturated heterocycles. The number of benzene rings is 2. The van der Waals surface area contributed by atoms with Gasteiger partial charge in [-0.05, 0) is 44.5 Å². The molecule has 0 bridgehead atoms. The molecular weight excluding hydrogens is 316 g/mol. The Balaban J connectivity index is 1.85. The quantitative estimate of drug-likeness (QED) is 0.630. The van der Waals surface area contributed by atoms with Crippen LogP contribution in [0.15, 0.2) is 51.7 Å². The van der Waals surface area contributed by atoms with Crippen molar-refractivity contribution in [2.75, 3.05) is 0 Å². The highest BCUT2D eigenvalue weighted by atomic mass is 16.6. The van der Waals surface area contributed by atoms with E-state index >= 15 is 0 Å². The van der Waals surface area contributed by atoms with Gasteiger partial charge in [-0.1, -0.05) is 29.3 Å². The molecule has 0 aliphatic carbocycles. The summed E-state index contributed by atoms with van der Waals surface area (Å²) in [5.74, 6) is -0.0208. The number of rotatable bonds is 1. The number of esters is 1. The van der Waals surface area contributed by atoms with Gasteiger partial charge in [0.25, 0.3) is 0 Å². The van der Waals surface area contributed by atoms with E-state index in [2.05, 4.69) is 0 Å². The van der Waals surface area contributed by atoms with Crippen molar-refractivity contribution in [2.24, 2.45) is 0 Å². The van der Waals surface area contributed by atoms with Crippen molar-refractivity contribution < 1.29 is 13.9 Å². The van der Waals surface area contributed by atoms with Crippen LogP contribution in [0.1, 0.15) is 39.7 Å². The number of cyclic esters (lactones) is 1. The number of carbonyl (C=O) groups excluding carboxylic acids is 1. The molecule has 1 aliphatic heterocycles. The fourth-order valence-electron chi connectivity index (χ4n) is 3.36. The van der Waals surface area contributed by atoms with Crippen molar-refractivity contribution in [3.05, 3.63) is 80.7 Å². The fourth-order valence-corrected chi connectivity index (χ4v) is 3.36. The van der Waals surface area contributed by atoms with Gasteiger partial charge >= 0.3 is 5.97 Å². The monoisotopic (exact) mass is 334 g/mol. The van der Waals surface area contributed by atoms with Crippen LogP contribution in [0.5, 0.6) is 0 Å². The molecule has 0 N–H and O–H groups in total. The maximum absolute atomic E-state index is 12.5. The summed E-state index contributed by atoms with van der Waals surface area (Å²) in [6, 6.07) is 12.6. The molecule has 0 amide bonds. The zero-order valence-corrected chi connectivity index (χ0v) is 14.4. The lowest BCUT2D eigenvalue weighted by molar-refractivity contribution is -0.0284. The van der Waals surface area contributed by atoms with Crippen LogP contribution in [-0.4, -0.2) is 5.97 Å². The molecule has 2 heterocycles. The molecular formula is C21H18O4. The summed E-state index contributed by atoms with van der Waals surface area (Å²) in [6.45, 7) is 5.65. The minimum absolute atomic E-state index is 0.132. The van der Waals surface area contributed by atoms with E-state index in [4.69, 9.17) is 9.15 Å². The van der Waals surface area contributed by atoms with Gasteiger partial charge in [-0.3, -0.25) is 4.79 Å². The number of hydrogen-bond donors (Lipinski definition) is 0. The molecule has 0 saturated carbocycles. The lowest BCUT2D eigenvalue weighted by Crippen LogP contribution is -2.37. The third-order valence-electron chi connectivity index (χ3n) is 4.73. The van der Waals surface area contributed by atoms with Gasteiger partial charge in [0.05, 0.1) is 10.9 Å². The number of aryl methyl sites for hydroxylation is 2. The second-order valence-corrected chi connectivity index (χ2v) is 6.93. The zero-order chi connectivity index (χ0) is 17.8. The lowest BCUT2D eigenvalue weighted by atomic mass is 9.87. The van der Waals surface area contributed by atoms with E-state index in [-0.39, 0.29) is 11.4 Å². The molecule has 2 aromatic carbocycles. The van der Waals surface area contributed by atoms with E-state index in [1.165, 1.54) is 6.07 Å². The van der Waals surface area contributed by atoms with Gasteiger partial charge in [0.1, 0.15) is 5.58 Å². The van der Waals surface area contributed by atoms with Gasteiger partial charge < -0.3 is 9.15 Å². The van der Waals surface area contributed by atoms with Crippen molar-refractivity contribution in [2.45, 2.75) is 32.8 Å². The SMILES string of the molecule is Cc1ccc2c(c1)C(=O)OC(C)(c1cc(=O)c3cc(C)ccc3o1)C2. The molecule has 0 fully saturated rings. The van der Waals surface area contributed by atoms with Gasteiger partial charge in [-0.25, -0.2) is 4.79 Å². The molecule has 4 heteroatoms. The number of fused-ring (bicyclic) bond motifs is 2. The second kappa shape index (κ2) is 5.31. The van der Waals surface area contributed by atoms with Gasteiger partial charge in [-0.15, -0.1) is 0 Å². The molecule has 0 radical (unpaired) electrons. The maximum Gasteiger partial charge on any atom is 0.339 e. The van der Waals surface area contributed by atoms with E-state index in [9.17, 15) is 9.59 Å². The average molecular weight is 334 g/mol. The van der Waals surface area contributed by atoms with Gasteiger partial charge in [-0.2, -0.15) is 0 Å². The first kappa shape index (κ1) is 15.6. The fraction of sp³-hybridized carbons (Fsp3) is 0.238. The van der Waals surface area contributed by atoms with Crippen molar-refractivity contribution in [3.63, 3.8) is 0 Å². The summed E-state index contributed by atoms with van der Waals surface area (Å²) in [4.78, 5) is 25.0. The van der Waals surface area contributed by atoms with Crippen molar-refractivity contribution in [1.82, 2.24) is 0 Å². The molecule has 1 aliphatic rings. The third kappa shape index (κ3) is 2.54. The highest BCUT2D eigenvalue weighted by molar-refractivity contribution is 5.92. The molecule has 25 heavy (non-hydrogen) atoms. The van der Waals surface area contributed by atoms with E-state index in [1.807, 2.05) is 38.1 Å². The number of carbonyl (C=O) groups is 1. The van der Waals surface area contributed by atoms with Crippen LogP contribution < -0.4 is 5.43 Å². The van der Waals surface area contributed by atoms with Gasteiger partial charge in [0.15, 0.2) is 16.8 Å². The van der Waals surface area contributed by atoms with Crippen molar-refractivity contribution in [1.29, 1.82) is 0 Å². The third-order valence-corrected chi connectivity index (χ3v) is 4.73. The average Bonchev–Trinajstić information content (AvgIpc) is 2.56. The smallest absolute Gasteiger partial charge is 0.339 e. The van der Waals surface area contributed by atoms with Crippen molar-refractivity contribution in [3.8, 4) is 0 Å². The standard InChI is InChI=1S/C21H18O4/c1-12-4-6-14-11-21(3,25-20(23)15(14)8-12)19-10-17(22)16-9-13(2)5-7-18(16)24-19/h4-10H,11H2,1-3H3. The molecule has 0 spiro atoms. The molecule has 1 atom stereocenters. The van der Waals surface area contributed by atoms with Crippen LogP contribution in [0, 0.1) is 13.8 Å². The van der Waals surface area contributed by atoms with E-state index in [0.29, 0.717) is 28.7 Å². The van der Waals surface area contributed by atoms with Crippen LogP contribution in [0.25, 0.3) is 11.0 Å². The Morgan fingerprint density at radius 1 is 0.960 bits per heavy atom. The maximum atomic E-state index is 12.5. The first-order valence-electron chi connectivity index (χ1n) is 8.24. The van der Waals surface area contributed by atoms with Crippen LogP contribution in [0.2, 0.25) is 0 Å². The zero-order valence-electron chi connectivity index (χ0n) is 14.4. The minimum Gasteiger partial charge on any atom is -0.457 e. The highest BCUT2D eigenvalue weighted by Crippen LogP contribution is 2.36. The molecule has 4 rings (SSSR count). The summed E-state index contributed by atoms with van der Waals surface area (Å²) in [5.41, 5.74) is 2.84. The molecule has 126 valence electrons. The second-order valence-electron chi connectivity index (χ2n) is 6.93. The van der Waals surface area contributed by atoms with Crippen LogP contribution in [0.4, 0.5) is 0 Å². The van der Waals surface area contributed by atoms with Gasteiger partial charge in [0.2, 0.25) is 0 Å². The number of ether oxygens (including phenoxy) is 1. The van der Waals surface area contributed by atoms with Crippen LogP contribution in [0.3, 0.4) is 0 Å². The summed E-state index contributed by atoms with van der Waals surface area (Å²) in [5, 5.41) is 0.533. The van der Waals surface area contributed by atoms with E-state index in [1.54, 1.807) is 19.1 Å². The van der Waals surface area contributed by atoms with E-state index in [0.717, 1.165) is 16.7 Å². The van der Waals surface area contributed by atoms with E-state index < -0.39 is 5.60 Å². The summed E-state index contributed by atoms with van der Waals surface area (Å²) in [7, 11) is 0. The molecule has 3 aromatic rings. The topological polar surface area (TPSA) is 56.5 Å². The Morgan fingerprint density at radius 3 is 2.48 bits per heavy atom. The normalized spacial score (nSPS) is 19.6. The van der Waals surface area contributed by atoms with Crippen molar-refractivity contribution >= 4 is 16.9 Å². The Hall–Kier alpha value is -2.88. The number of hydrogen-bond acceptors (Lipinski definition) is 4. The largest absolute Gasteiger partial charge is 0.457 e. The molecule has 1 aromatic heterocycles. The lowest BCUT2D eigenvalue weighted by Gasteiger charge is -2.33. The Kier molecular flexibility index (Phi) is 3.32. The summed E-state index contributed by atoms with van der Waals surface area (Å²) >= 11 is 0. The van der Waals surface area contributed by atoms with Crippen LogP contribution in [-0.2, 0) is 16.8 Å². The first-order chi connectivity index (χ1) is 11.9. The first-order valence-corrected chi connectivity index (χ1v) is 8.24. The Labute approximate surface area is 145 Å². The minimum atomic E-state index is -1.00.